The zero-order valence-electron chi connectivity index (χ0n) is 5.78. The van der Waals surface area contributed by atoms with Crippen LogP contribution in [0, 0.1) is 6.04 Å². The van der Waals surface area contributed by atoms with E-state index in [-0.39, 0.29) is 51.4 Å². The van der Waals surface area contributed by atoms with Crippen molar-refractivity contribution in [2.45, 2.75) is 19.8 Å². The molecule has 0 aromatic carbocycles. The Labute approximate surface area is 93.8 Å². The van der Waals surface area contributed by atoms with E-state index >= 15 is 0 Å². The summed E-state index contributed by atoms with van der Waals surface area (Å²) in [6.07, 6.45) is 2.07. The largest absolute Gasteiger partial charge is 1.00 e. The zero-order valence-corrected chi connectivity index (χ0v) is 8.90. The van der Waals surface area contributed by atoms with Crippen LogP contribution in [0.4, 0.5) is 0 Å². The number of rotatable bonds is 3. The fourth-order valence-electron chi connectivity index (χ4n) is 0.423. The molecule has 0 rings (SSSR count). The molecule has 0 saturated carbocycles. The second-order valence-electron chi connectivity index (χ2n) is 1.61. The maximum absolute atomic E-state index is 5.38. The SMILES string of the molecule is CCC[C-](N)CN.[K+]. The van der Waals surface area contributed by atoms with Crippen molar-refractivity contribution in [1.29, 1.82) is 0 Å². The Kier molecular flexibility index (Phi) is 13.1. The van der Waals surface area contributed by atoms with Crippen molar-refractivity contribution in [3.8, 4) is 0 Å². The van der Waals surface area contributed by atoms with E-state index in [1.54, 1.807) is 0 Å². The second-order valence-corrected chi connectivity index (χ2v) is 1.61. The van der Waals surface area contributed by atoms with Gasteiger partial charge < -0.3 is 11.5 Å². The molecule has 0 spiro atoms. The van der Waals surface area contributed by atoms with Crippen LogP contribution in [0.5, 0.6) is 0 Å². The van der Waals surface area contributed by atoms with Crippen LogP contribution in [-0.4, -0.2) is 6.54 Å². The standard InChI is InChI=1S/C5H13N2.K/c1-2-3-5(7)4-6;/h2-4,6-7H2,1H3;/q-1;+1. The van der Waals surface area contributed by atoms with Crippen molar-refractivity contribution in [3.05, 3.63) is 6.04 Å². The minimum absolute atomic E-state index is 0. The fourth-order valence-corrected chi connectivity index (χ4v) is 0.423. The molecule has 0 bridgehead atoms. The maximum Gasteiger partial charge on any atom is 1.00 e. The first kappa shape index (κ1) is 12.3. The van der Waals surface area contributed by atoms with Gasteiger partial charge in [0.1, 0.15) is 0 Å². The molecule has 0 radical (unpaired) electrons. The first-order chi connectivity index (χ1) is 3.31. The summed E-state index contributed by atoms with van der Waals surface area (Å²) in [6.45, 7) is 2.62. The average Bonchev–Trinajstić information content (AvgIpc) is 1.68. The van der Waals surface area contributed by atoms with E-state index in [0.717, 1.165) is 18.9 Å². The molecular weight excluding hydrogens is 127 g/mol. The van der Waals surface area contributed by atoms with E-state index in [9.17, 15) is 0 Å². The molecular formula is C5H13KN2. The van der Waals surface area contributed by atoms with Gasteiger partial charge in [0.05, 0.1) is 0 Å². The Balaban J connectivity index is 0. The molecule has 0 aliphatic heterocycles. The second kappa shape index (κ2) is 8.56. The first-order valence-electron chi connectivity index (χ1n) is 2.61. The van der Waals surface area contributed by atoms with E-state index in [0.29, 0.717) is 6.54 Å². The minimum Gasteiger partial charge on any atom is -0.479 e. The van der Waals surface area contributed by atoms with Crippen molar-refractivity contribution in [1.82, 2.24) is 0 Å². The molecule has 0 aliphatic carbocycles. The molecule has 44 valence electrons. The van der Waals surface area contributed by atoms with Gasteiger partial charge in [-0.3, -0.25) is 0 Å². The van der Waals surface area contributed by atoms with Crippen LogP contribution in [-0.2, 0) is 0 Å². The van der Waals surface area contributed by atoms with Gasteiger partial charge in [-0.2, -0.15) is 6.42 Å². The van der Waals surface area contributed by atoms with Crippen LogP contribution < -0.4 is 62.9 Å². The van der Waals surface area contributed by atoms with Crippen LogP contribution in [0.3, 0.4) is 0 Å². The summed E-state index contributed by atoms with van der Waals surface area (Å²) in [6, 6.07) is 0.905. The molecule has 0 unspecified atom stereocenters. The van der Waals surface area contributed by atoms with E-state index in [1.807, 2.05) is 0 Å². The van der Waals surface area contributed by atoms with Gasteiger partial charge in [-0.15, -0.1) is 6.54 Å². The molecule has 0 fully saturated rings. The van der Waals surface area contributed by atoms with Gasteiger partial charge in [-0.25, -0.2) is 6.04 Å². The van der Waals surface area contributed by atoms with Gasteiger partial charge in [-0.1, -0.05) is 13.3 Å². The third-order valence-corrected chi connectivity index (χ3v) is 0.833. The summed E-state index contributed by atoms with van der Waals surface area (Å²) in [5.41, 5.74) is 10.6. The summed E-state index contributed by atoms with van der Waals surface area (Å²) in [7, 11) is 0. The van der Waals surface area contributed by atoms with E-state index in [2.05, 4.69) is 6.92 Å². The first-order valence-corrected chi connectivity index (χ1v) is 2.61. The minimum atomic E-state index is 0. The molecule has 0 aromatic rings. The predicted octanol–water partition coefficient (Wildman–Crippen LogP) is -2.76. The third-order valence-electron chi connectivity index (χ3n) is 0.833. The smallest absolute Gasteiger partial charge is 0.479 e. The van der Waals surface area contributed by atoms with Gasteiger partial charge in [-0.05, 0) is 0 Å². The summed E-state index contributed by atoms with van der Waals surface area (Å²) in [4.78, 5) is 0. The summed E-state index contributed by atoms with van der Waals surface area (Å²) in [5, 5.41) is 0. The van der Waals surface area contributed by atoms with Crippen LogP contribution in [0.15, 0.2) is 0 Å². The maximum atomic E-state index is 5.38. The van der Waals surface area contributed by atoms with Crippen LogP contribution >= 0.6 is 0 Å². The van der Waals surface area contributed by atoms with Crippen molar-refractivity contribution in [3.63, 3.8) is 0 Å². The van der Waals surface area contributed by atoms with Gasteiger partial charge >= 0.3 is 51.4 Å². The summed E-state index contributed by atoms with van der Waals surface area (Å²) >= 11 is 0. The van der Waals surface area contributed by atoms with Crippen molar-refractivity contribution in [2.24, 2.45) is 11.5 Å². The molecule has 0 saturated heterocycles. The van der Waals surface area contributed by atoms with Crippen molar-refractivity contribution >= 4 is 0 Å². The van der Waals surface area contributed by atoms with Gasteiger partial charge in [0.2, 0.25) is 0 Å². The van der Waals surface area contributed by atoms with Crippen LogP contribution in [0.25, 0.3) is 0 Å². The van der Waals surface area contributed by atoms with Crippen LogP contribution in [0.2, 0.25) is 0 Å². The van der Waals surface area contributed by atoms with Crippen molar-refractivity contribution in [2.75, 3.05) is 6.54 Å². The molecule has 0 aromatic heterocycles. The topological polar surface area (TPSA) is 52.0 Å². The molecule has 0 amide bonds. The average molecular weight is 140 g/mol. The third kappa shape index (κ3) is 7.56. The van der Waals surface area contributed by atoms with Crippen LogP contribution in [0.1, 0.15) is 19.8 Å². The number of hydrogen-bond donors (Lipinski definition) is 2. The summed E-state index contributed by atoms with van der Waals surface area (Å²) < 4.78 is 0. The fraction of sp³-hybridized carbons (Fsp3) is 0.800. The molecule has 0 atom stereocenters. The molecule has 0 heterocycles. The Morgan fingerprint density at radius 2 is 2.00 bits per heavy atom. The zero-order chi connectivity index (χ0) is 5.70. The predicted molar refractivity (Wildman–Crippen MR) is 31.4 cm³/mol. The molecule has 4 N–H and O–H groups in total. The normalized spacial score (nSPS) is 9.00. The quantitative estimate of drug-likeness (QED) is 0.330. The number of hydrogen-bond acceptors (Lipinski definition) is 2. The molecule has 2 nitrogen and oxygen atoms in total. The monoisotopic (exact) mass is 140 g/mol. The van der Waals surface area contributed by atoms with Gasteiger partial charge in [0.25, 0.3) is 0 Å². The Morgan fingerprint density at radius 1 is 1.50 bits per heavy atom. The van der Waals surface area contributed by atoms with Gasteiger partial charge in [0.15, 0.2) is 0 Å². The Bertz CT molecular complexity index is 41.4. The molecule has 0 aliphatic rings. The number of nitrogens with two attached hydrogens (primary N) is 2. The van der Waals surface area contributed by atoms with E-state index < -0.39 is 0 Å². The summed E-state index contributed by atoms with van der Waals surface area (Å²) in [5.74, 6) is 0. The Morgan fingerprint density at radius 3 is 2.12 bits per heavy atom. The molecule has 3 heteroatoms. The Hall–Kier alpha value is 1.56. The van der Waals surface area contributed by atoms with Gasteiger partial charge in [0, 0.05) is 0 Å². The molecule has 8 heavy (non-hydrogen) atoms. The van der Waals surface area contributed by atoms with Crippen molar-refractivity contribution < 1.29 is 51.4 Å². The van der Waals surface area contributed by atoms with E-state index in [4.69, 9.17) is 11.5 Å². The van der Waals surface area contributed by atoms with E-state index in [1.165, 1.54) is 0 Å².